The van der Waals surface area contributed by atoms with E-state index in [1.165, 1.54) is 5.01 Å². The number of hydrogen-bond donors (Lipinski definition) is 1. The van der Waals surface area contributed by atoms with Gasteiger partial charge in [0, 0.05) is 44.4 Å². The quantitative estimate of drug-likeness (QED) is 0.860. The van der Waals surface area contributed by atoms with Gasteiger partial charge in [0.2, 0.25) is 11.9 Å². The summed E-state index contributed by atoms with van der Waals surface area (Å²) >= 11 is 0. The van der Waals surface area contributed by atoms with Crippen LogP contribution in [0.1, 0.15) is 31.2 Å². The number of aryl methyl sites for hydroxylation is 1. The minimum Gasteiger partial charge on any atom is -0.348 e. The minimum atomic E-state index is -0.190. The molecule has 0 atom stereocenters. The van der Waals surface area contributed by atoms with E-state index < -0.39 is 0 Å². The van der Waals surface area contributed by atoms with Crippen LogP contribution in [0.4, 0.5) is 11.6 Å². The standard InChI is InChI=1S/C21H24N6O2/c1-15-4-2-5-17(14-15)27-19(28)7-6-18(25-27)20(29)24-16-8-12-26(13-9-16)21-22-10-3-11-23-21/h2-5,10-11,14,16H,6-9,12-13H2,1H3,(H,24,29). The molecule has 1 N–H and O–H groups in total. The second-order valence-corrected chi connectivity index (χ2v) is 7.37. The number of nitrogens with zero attached hydrogens (tertiary/aromatic N) is 5. The van der Waals surface area contributed by atoms with E-state index in [4.69, 9.17) is 0 Å². The second kappa shape index (κ2) is 8.38. The summed E-state index contributed by atoms with van der Waals surface area (Å²) in [5.74, 6) is 0.439. The molecule has 2 aliphatic rings. The third-order valence-electron chi connectivity index (χ3n) is 5.21. The SMILES string of the molecule is Cc1cccc(N2N=C(C(=O)NC3CCN(c4ncccn4)CC3)CCC2=O)c1. The number of nitrogens with one attached hydrogen (secondary N) is 1. The Hall–Kier alpha value is -3.29. The highest BCUT2D eigenvalue weighted by Crippen LogP contribution is 2.22. The van der Waals surface area contributed by atoms with Gasteiger partial charge in [-0.15, -0.1) is 0 Å². The van der Waals surface area contributed by atoms with Gasteiger partial charge in [-0.1, -0.05) is 12.1 Å². The third-order valence-corrected chi connectivity index (χ3v) is 5.21. The van der Waals surface area contributed by atoms with Crippen molar-refractivity contribution >= 4 is 29.2 Å². The van der Waals surface area contributed by atoms with E-state index in [1.807, 2.05) is 31.2 Å². The van der Waals surface area contributed by atoms with Crippen molar-refractivity contribution in [1.82, 2.24) is 15.3 Å². The molecule has 29 heavy (non-hydrogen) atoms. The number of hydrogen-bond acceptors (Lipinski definition) is 6. The van der Waals surface area contributed by atoms with Crippen molar-refractivity contribution < 1.29 is 9.59 Å². The van der Waals surface area contributed by atoms with E-state index in [2.05, 4.69) is 25.3 Å². The van der Waals surface area contributed by atoms with Crippen LogP contribution in [0.15, 0.2) is 47.8 Å². The number of piperidine rings is 1. The van der Waals surface area contributed by atoms with Crippen LogP contribution in [0.2, 0.25) is 0 Å². The normalized spacial score (nSPS) is 17.8. The number of carbonyl (C=O) groups is 2. The zero-order chi connectivity index (χ0) is 20.2. The van der Waals surface area contributed by atoms with Crippen LogP contribution in [-0.2, 0) is 9.59 Å². The number of anilines is 2. The Morgan fingerprint density at radius 2 is 1.86 bits per heavy atom. The van der Waals surface area contributed by atoms with Crippen LogP contribution in [0.5, 0.6) is 0 Å². The summed E-state index contributed by atoms with van der Waals surface area (Å²) in [6.07, 6.45) is 5.75. The minimum absolute atomic E-state index is 0.0789. The molecule has 0 unspecified atom stereocenters. The molecule has 0 saturated carbocycles. The molecule has 1 aromatic heterocycles. The van der Waals surface area contributed by atoms with Crippen molar-refractivity contribution in [3.63, 3.8) is 0 Å². The van der Waals surface area contributed by atoms with Crippen molar-refractivity contribution in [2.45, 2.75) is 38.6 Å². The Bertz CT molecular complexity index is 922. The fourth-order valence-corrected chi connectivity index (χ4v) is 3.63. The molecule has 2 amide bonds. The largest absolute Gasteiger partial charge is 0.348 e. The maximum Gasteiger partial charge on any atom is 0.267 e. The Morgan fingerprint density at radius 1 is 1.10 bits per heavy atom. The van der Waals surface area contributed by atoms with Gasteiger partial charge in [0.25, 0.3) is 5.91 Å². The second-order valence-electron chi connectivity index (χ2n) is 7.37. The van der Waals surface area contributed by atoms with Crippen LogP contribution in [0.25, 0.3) is 0 Å². The lowest BCUT2D eigenvalue weighted by Gasteiger charge is -2.32. The fraction of sp³-hybridized carbons (Fsp3) is 0.381. The number of amides is 2. The molecule has 2 aromatic rings. The zero-order valence-corrected chi connectivity index (χ0v) is 16.4. The average molecular weight is 392 g/mol. The van der Waals surface area contributed by atoms with Gasteiger partial charge in [-0.25, -0.2) is 15.0 Å². The Labute approximate surface area is 169 Å². The molecule has 1 saturated heterocycles. The highest BCUT2D eigenvalue weighted by Gasteiger charge is 2.28. The van der Waals surface area contributed by atoms with Crippen LogP contribution < -0.4 is 15.2 Å². The first-order valence-electron chi connectivity index (χ1n) is 9.90. The smallest absolute Gasteiger partial charge is 0.267 e. The molecular weight excluding hydrogens is 368 g/mol. The Morgan fingerprint density at radius 3 is 2.59 bits per heavy atom. The van der Waals surface area contributed by atoms with Gasteiger partial charge in [0.05, 0.1) is 5.69 Å². The fourth-order valence-electron chi connectivity index (χ4n) is 3.63. The summed E-state index contributed by atoms with van der Waals surface area (Å²) in [6.45, 7) is 3.53. The van der Waals surface area contributed by atoms with E-state index in [1.54, 1.807) is 18.5 Å². The Kier molecular flexibility index (Phi) is 5.50. The lowest BCUT2D eigenvalue weighted by Crippen LogP contribution is -2.48. The first-order chi connectivity index (χ1) is 14.1. The molecule has 0 radical (unpaired) electrons. The maximum absolute atomic E-state index is 12.8. The third kappa shape index (κ3) is 4.42. The summed E-state index contributed by atoms with van der Waals surface area (Å²) in [6, 6.07) is 9.44. The lowest BCUT2D eigenvalue weighted by molar-refractivity contribution is -0.119. The molecule has 8 heteroatoms. The van der Waals surface area contributed by atoms with Gasteiger partial charge >= 0.3 is 0 Å². The van der Waals surface area contributed by atoms with Crippen LogP contribution >= 0.6 is 0 Å². The number of carbonyl (C=O) groups excluding carboxylic acids is 2. The molecule has 4 rings (SSSR count). The molecular formula is C21H24N6O2. The van der Waals surface area contributed by atoms with E-state index in [-0.39, 0.29) is 24.3 Å². The van der Waals surface area contributed by atoms with Crippen molar-refractivity contribution in [3.05, 3.63) is 48.3 Å². The van der Waals surface area contributed by atoms with E-state index >= 15 is 0 Å². The predicted octanol–water partition coefficient (Wildman–Crippen LogP) is 2.05. The summed E-state index contributed by atoms with van der Waals surface area (Å²) in [7, 11) is 0. The monoisotopic (exact) mass is 392 g/mol. The van der Waals surface area contributed by atoms with Gasteiger partial charge in [0.15, 0.2) is 0 Å². The topological polar surface area (TPSA) is 90.8 Å². The molecule has 2 aliphatic heterocycles. The van der Waals surface area contributed by atoms with Crippen molar-refractivity contribution in [1.29, 1.82) is 0 Å². The predicted molar refractivity (Wildman–Crippen MR) is 111 cm³/mol. The molecule has 8 nitrogen and oxygen atoms in total. The summed E-state index contributed by atoms with van der Waals surface area (Å²) < 4.78 is 0. The Balaban J connectivity index is 1.38. The van der Waals surface area contributed by atoms with Crippen LogP contribution in [0.3, 0.4) is 0 Å². The molecule has 3 heterocycles. The van der Waals surface area contributed by atoms with Crippen molar-refractivity contribution in [2.24, 2.45) is 5.10 Å². The summed E-state index contributed by atoms with van der Waals surface area (Å²) in [4.78, 5) is 35.7. The number of rotatable bonds is 4. The molecule has 1 aromatic carbocycles. The molecule has 150 valence electrons. The van der Waals surface area contributed by atoms with Crippen LogP contribution in [-0.4, -0.2) is 46.6 Å². The summed E-state index contributed by atoms with van der Waals surface area (Å²) in [5, 5.41) is 8.79. The first-order valence-corrected chi connectivity index (χ1v) is 9.90. The van der Waals surface area contributed by atoms with Gasteiger partial charge in [-0.2, -0.15) is 5.10 Å². The van der Waals surface area contributed by atoms with Gasteiger partial charge < -0.3 is 10.2 Å². The van der Waals surface area contributed by atoms with Gasteiger partial charge in [-0.05, 0) is 43.5 Å². The van der Waals surface area contributed by atoms with Crippen molar-refractivity contribution in [2.75, 3.05) is 23.0 Å². The van der Waals surface area contributed by atoms with Crippen LogP contribution in [0, 0.1) is 6.92 Å². The number of hydrazone groups is 1. The average Bonchev–Trinajstić information content (AvgIpc) is 2.75. The number of aromatic nitrogens is 2. The lowest BCUT2D eigenvalue weighted by atomic mass is 10.0. The van der Waals surface area contributed by atoms with E-state index in [0.29, 0.717) is 17.8 Å². The molecule has 1 fully saturated rings. The van der Waals surface area contributed by atoms with Gasteiger partial charge in [0.1, 0.15) is 5.71 Å². The van der Waals surface area contributed by atoms with Gasteiger partial charge in [-0.3, -0.25) is 9.59 Å². The number of benzene rings is 1. The molecule has 0 aliphatic carbocycles. The zero-order valence-electron chi connectivity index (χ0n) is 16.4. The maximum atomic E-state index is 12.8. The molecule has 0 spiro atoms. The van der Waals surface area contributed by atoms with E-state index in [0.717, 1.165) is 37.4 Å². The highest BCUT2D eigenvalue weighted by molar-refractivity contribution is 6.40. The molecule has 0 bridgehead atoms. The van der Waals surface area contributed by atoms with Crippen molar-refractivity contribution in [3.8, 4) is 0 Å². The van der Waals surface area contributed by atoms with E-state index in [9.17, 15) is 9.59 Å². The first kappa shape index (κ1) is 19.0. The summed E-state index contributed by atoms with van der Waals surface area (Å²) in [5.41, 5.74) is 2.13. The highest BCUT2D eigenvalue weighted by atomic mass is 16.2.